The van der Waals surface area contributed by atoms with Gasteiger partial charge in [-0.05, 0) is 34.1 Å². The number of nitrogens with one attached hydrogen (secondary N) is 2. The third kappa shape index (κ3) is 5.60. The fourth-order valence-electron chi connectivity index (χ4n) is 1.36. The van der Waals surface area contributed by atoms with E-state index in [0.717, 1.165) is 4.47 Å². The van der Waals surface area contributed by atoms with E-state index in [1.807, 2.05) is 0 Å². The van der Waals surface area contributed by atoms with Crippen molar-refractivity contribution in [1.29, 1.82) is 0 Å². The molecule has 0 fully saturated rings. The molecule has 0 unspecified atom stereocenters. The molecular formula is C11H14Br2N2O3S. The maximum absolute atomic E-state index is 11.9. The first-order chi connectivity index (χ1) is 8.85. The van der Waals surface area contributed by atoms with E-state index in [-0.39, 0.29) is 18.2 Å². The highest BCUT2D eigenvalue weighted by atomic mass is 79.9. The van der Waals surface area contributed by atoms with Crippen LogP contribution in [0.3, 0.4) is 0 Å². The molecule has 0 spiro atoms. The van der Waals surface area contributed by atoms with Crippen LogP contribution in [0.25, 0.3) is 0 Å². The minimum atomic E-state index is -3.31. The maximum atomic E-state index is 11.9. The molecule has 1 aromatic carbocycles. The molecule has 1 rings (SSSR count). The highest BCUT2D eigenvalue weighted by Gasteiger charge is 2.12. The van der Waals surface area contributed by atoms with Gasteiger partial charge in [-0.15, -0.1) is 0 Å². The molecule has 19 heavy (non-hydrogen) atoms. The minimum absolute atomic E-state index is 0.0626. The van der Waals surface area contributed by atoms with Gasteiger partial charge in [0.05, 0.1) is 11.3 Å². The summed E-state index contributed by atoms with van der Waals surface area (Å²) in [6.45, 7) is 2.11. The lowest BCUT2D eigenvalue weighted by Crippen LogP contribution is -2.34. The first-order valence-corrected chi connectivity index (χ1v) is 8.80. The molecule has 0 saturated heterocycles. The van der Waals surface area contributed by atoms with Gasteiger partial charge in [-0.3, -0.25) is 4.79 Å². The van der Waals surface area contributed by atoms with Crippen molar-refractivity contribution in [3.63, 3.8) is 0 Å². The van der Waals surface area contributed by atoms with E-state index in [1.165, 1.54) is 0 Å². The van der Waals surface area contributed by atoms with Gasteiger partial charge in [0.15, 0.2) is 0 Å². The summed E-state index contributed by atoms with van der Waals surface area (Å²) in [5.74, 6) is -0.460. The lowest BCUT2D eigenvalue weighted by Gasteiger charge is -2.08. The molecule has 0 aromatic heterocycles. The molecule has 0 bridgehead atoms. The number of halogens is 2. The summed E-state index contributed by atoms with van der Waals surface area (Å²) in [6, 6.07) is 5.21. The zero-order chi connectivity index (χ0) is 14.5. The monoisotopic (exact) mass is 412 g/mol. The summed E-state index contributed by atoms with van der Waals surface area (Å²) in [5.41, 5.74) is 0.454. The highest BCUT2D eigenvalue weighted by Crippen LogP contribution is 2.21. The second-order valence-electron chi connectivity index (χ2n) is 3.70. The van der Waals surface area contributed by atoms with Crippen LogP contribution in [-0.2, 0) is 10.0 Å². The van der Waals surface area contributed by atoms with Gasteiger partial charge in [-0.2, -0.15) is 0 Å². The van der Waals surface area contributed by atoms with Crippen LogP contribution in [0.5, 0.6) is 0 Å². The van der Waals surface area contributed by atoms with Crippen LogP contribution in [0.4, 0.5) is 0 Å². The van der Waals surface area contributed by atoms with Gasteiger partial charge in [0.25, 0.3) is 5.91 Å². The Hall–Kier alpha value is -0.440. The highest BCUT2D eigenvalue weighted by molar-refractivity contribution is 9.11. The molecule has 0 aliphatic heterocycles. The second-order valence-corrected chi connectivity index (χ2v) is 7.39. The van der Waals surface area contributed by atoms with Gasteiger partial charge < -0.3 is 5.32 Å². The quantitative estimate of drug-likeness (QED) is 0.747. The second kappa shape index (κ2) is 7.37. The number of rotatable bonds is 6. The Morgan fingerprint density at radius 1 is 1.32 bits per heavy atom. The summed E-state index contributed by atoms with van der Waals surface area (Å²) >= 11 is 6.55. The molecular weight excluding hydrogens is 400 g/mol. The minimum Gasteiger partial charge on any atom is -0.351 e. The Morgan fingerprint density at radius 3 is 2.63 bits per heavy atom. The molecule has 5 nitrogen and oxygen atoms in total. The van der Waals surface area contributed by atoms with E-state index >= 15 is 0 Å². The summed E-state index contributed by atoms with van der Waals surface area (Å²) in [7, 11) is -3.31. The number of benzene rings is 1. The van der Waals surface area contributed by atoms with E-state index in [4.69, 9.17) is 0 Å². The number of carbonyl (C=O) groups excluding carboxylic acids is 1. The molecule has 0 heterocycles. The molecule has 2 N–H and O–H groups in total. The van der Waals surface area contributed by atoms with Crippen molar-refractivity contribution < 1.29 is 13.2 Å². The van der Waals surface area contributed by atoms with E-state index in [2.05, 4.69) is 41.9 Å². The summed E-state index contributed by atoms with van der Waals surface area (Å²) < 4.78 is 26.6. The number of hydrogen-bond acceptors (Lipinski definition) is 3. The largest absolute Gasteiger partial charge is 0.351 e. The van der Waals surface area contributed by atoms with Crippen LogP contribution in [0, 0.1) is 0 Å². The standard InChI is InChI=1S/C11H14Br2N2O3S/c1-2-15-19(17,18)6-5-14-11(16)9-7-8(12)3-4-10(9)13/h3-4,7,15H,2,5-6H2,1H3,(H,14,16). The van der Waals surface area contributed by atoms with E-state index in [1.54, 1.807) is 25.1 Å². The number of carbonyl (C=O) groups is 1. The van der Waals surface area contributed by atoms with E-state index in [9.17, 15) is 13.2 Å². The van der Waals surface area contributed by atoms with Crippen LogP contribution in [0.1, 0.15) is 17.3 Å². The number of amides is 1. The van der Waals surface area contributed by atoms with Crippen LogP contribution >= 0.6 is 31.9 Å². The molecule has 106 valence electrons. The Kier molecular flexibility index (Phi) is 6.45. The molecule has 0 aliphatic rings. The van der Waals surface area contributed by atoms with Crippen molar-refractivity contribution in [2.24, 2.45) is 0 Å². The maximum Gasteiger partial charge on any atom is 0.252 e. The van der Waals surface area contributed by atoms with Crippen molar-refractivity contribution in [3.8, 4) is 0 Å². The van der Waals surface area contributed by atoms with E-state index in [0.29, 0.717) is 16.6 Å². The van der Waals surface area contributed by atoms with Gasteiger partial charge in [0.2, 0.25) is 10.0 Å². The third-order valence-electron chi connectivity index (χ3n) is 2.19. The van der Waals surface area contributed by atoms with Crippen molar-refractivity contribution in [2.45, 2.75) is 6.92 Å². The van der Waals surface area contributed by atoms with Gasteiger partial charge in [-0.25, -0.2) is 13.1 Å². The van der Waals surface area contributed by atoms with Gasteiger partial charge >= 0.3 is 0 Å². The van der Waals surface area contributed by atoms with Crippen LogP contribution in [0.2, 0.25) is 0 Å². The topological polar surface area (TPSA) is 75.3 Å². The normalized spacial score (nSPS) is 11.3. The Labute approximate surface area is 129 Å². The number of hydrogen-bond donors (Lipinski definition) is 2. The molecule has 1 aromatic rings. The predicted molar refractivity (Wildman–Crippen MR) is 81.6 cm³/mol. The molecule has 1 amide bonds. The summed E-state index contributed by atoms with van der Waals surface area (Å²) in [6.07, 6.45) is 0. The van der Waals surface area contributed by atoms with Gasteiger partial charge in [0, 0.05) is 22.0 Å². The fraction of sp³-hybridized carbons (Fsp3) is 0.364. The molecule has 8 heteroatoms. The molecule has 0 radical (unpaired) electrons. The van der Waals surface area contributed by atoms with Gasteiger partial charge in [-0.1, -0.05) is 22.9 Å². The van der Waals surface area contributed by atoms with Crippen LogP contribution < -0.4 is 10.0 Å². The van der Waals surface area contributed by atoms with Crippen LogP contribution in [0.15, 0.2) is 27.1 Å². The zero-order valence-electron chi connectivity index (χ0n) is 10.2. The number of sulfonamides is 1. The lowest BCUT2D eigenvalue weighted by molar-refractivity contribution is 0.0955. The summed E-state index contributed by atoms with van der Waals surface area (Å²) in [5, 5.41) is 2.57. The van der Waals surface area contributed by atoms with Crippen molar-refractivity contribution >= 4 is 47.8 Å². The van der Waals surface area contributed by atoms with Crippen molar-refractivity contribution in [2.75, 3.05) is 18.8 Å². The Bertz CT molecular complexity index is 561. The fourth-order valence-corrected chi connectivity index (χ4v) is 3.10. The lowest BCUT2D eigenvalue weighted by atomic mass is 10.2. The molecule has 0 aliphatic carbocycles. The molecule has 0 saturated carbocycles. The molecule has 0 atom stereocenters. The predicted octanol–water partition coefficient (Wildman–Crippen LogP) is 1.88. The average Bonchev–Trinajstić information content (AvgIpc) is 2.31. The Balaban J connectivity index is 2.59. The van der Waals surface area contributed by atoms with Gasteiger partial charge in [0.1, 0.15) is 0 Å². The Morgan fingerprint density at radius 2 is 2.00 bits per heavy atom. The smallest absolute Gasteiger partial charge is 0.252 e. The van der Waals surface area contributed by atoms with Crippen molar-refractivity contribution in [3.05, 3.63) is 32.7 Å². The average molecular weight is 414 g/mol. The summed E-state index contributed by atoms with van der Waals surface area (Å²) in [4.78, 5) is 11.9. The first-order valence-electron chi connectivity index (χ1n) is 5.56. The zero-order valence-corrected chi connectivity index (χ0v) is 14.2. The first kappa shape index (κ1) is 16.6. The van der Waals surface area contributed by atoms with Crippen molar-refractivity contribution in [1.82, 2.24) is 10.0 Å². The van der Waals surface area contributed by atoms with E-state index < -0.39 is 10.0 Å². The SMILES string of the molecule is CCNS(=O)(=O)CCNC(=O)c1cc(Br)ccc1Br. The third-order valence-corrected chi connectivity index (χ3v) is 4.85. The van der Waals surface area contributed by atoms with Crippen LogP contribution in [-0.4, -0.2) is 33.2 Å².